The molecular formula is C14H18ClFN2O2. The van der Waals surface area contributed by atoms with Gasteiger partial charge < -0.3 is 15.3 Å². The number of hydrogen-bond acceptors (Lipinski definition) is 2. The van der Waals surface area contributed by atoms with Crippen molar-refractivity contribution in [2.45, 2.75) is 31.7 Å². The Morgan fingerprint density at radius 3 is 2.80 bits per heavy atom. The standard InChI is InChI=1S/C14H18ClFN2O2/c15-10-3-6-13(12(16)9-10)17-14(20)18(11-4-5-11)7-1-2-8-19/h3,6,9,11,19H,1-2,4-5,7-8H2,(H,17,20). The van der Waals surface area contributed by atoms with Gasteiger partial charge in [-0.15, -0.1) is 0 Å². The van der Waals surface area contributed by atoms with Gasteiger partial charge in [-0.1, -0.05) is 11.6 Å². The van der Waals surface area contributed by atoms with Crippen LogP contribution in [0, 0.1) is 5.82 Å². The van der Waals surface area contributed by atoms with E-state index in [0.717, 1.165) is 19.3 Å². The number of hydrogen-bond donors (Lipinski definition) is 2. The summed E-state index contributed by atoms with van der Waals surface area (Å²) in [6, 6.07) is 4.10. The van der Waals surface area contributed by atoms with Crippen LogP contribution in [0.2, 0.25) is 5.02 Å². The molecule has 1 aromatic carbocycles. The van der Waals surface area contributed by atoms with E-state index in [2.05, 4.69) is 5.32 Å². The summed E-state index contributed by atoms with van der Waals surface area (Å²) in [7, 11) is 0. The molecule has 2 N–H and O–H groups in total. The second-order valence-corrected chi connectivity index (χ2v) is 5.35. The second-order valence-electron chi connectivity index (χ2n) is 4.91. The van der Waals surface area contributed by atoms with Gasteiger partial charge in [0.25, 0.3) is 0 Å². The van der Waals surface area contributed by atoms with Gasteiger partial charge in [-0.2, -0.15) is 0 Å². The molecular weight excluding hydrogens is 283 g/mol. The van der Waals surface area contributed by atoms with Gasteiger partial charge in [0.2, 0.25) is 0 Å². The molecule has 1 aliphatic carbocycles. The lowest BCUT2D eigenvalue weighted by atomic mass is 10.3. The minimum atomic E-state index is -0.544. The fourth-order valence-corrected chi connectivity index (χ4v) is 2.17. The first kappa shape index (κ1) is 15.1. The van der Waals surface area contributed by atoms with Crippen LogP contribution in [0.3, 0.4) is 0 Å². The summed E-state index contributed by atoms with van der Waals surface area (Å²) in [6.07, 6.45) is 3.36. The van der Waals surface area contributed by atoms with Gasteiger partial charge in [-0.25, -0.2) is 9.18 Å². The molecule has 0 unspecified atom stereocenters. The highest BCUT2D eigenvalue weighted by atomic mass is 35.5. The summed E-state index contributed by atoms with van der Waals surface area (Å²) in [5, 5.41) is 11.7. The quantitative estimate of drug-likeness (QED) is 0.792. The number of aliphatic hydroxyl groups is 1. The number of benzene rings is 1. The Morgan fingerprint density at radius 1 is 1.45 bits per heavy atom. The third-order valence-corrected chi connectivity index (χ3v) is 3.46. The first-order valence-electron chi connectivity index (χ1n) is 6.75. The maximum atomic E-state index is 13.6. The molecule has 0 aliphatic heterocycles. The average Bonchev–Trinajstić information content (AvgIpc) is 3.22. The highest BCUT2D eigenvalue weighted by Crippen LogP contribution is 2.28. The number of anilines is 1. The van der Waals surface area contributed by atoms with Crippen molar-refractivity contribution >= 4 is 23.3 Å². The molecule has 0 spiro atoms. The number of carbonyl (C=O) groups is 1. The topological polar surface area (TPSA) is 52.6 Å². The van der Waals surface area contributed by atoms with Crippen molar-refractivity contribution in [3.8, 4) is 0 Å². The number of nitrogens with zero attached hydrogens (tertiary/aromatic N) is 1. The third kappa shape index (κ3) is 4.08. The Kier molecular flexibility index (Phi) is 5.20. The van der Waals surface area contributed by atoms with E-state index < -0.39 is 5.82 Å². The summed E-state index contributed by atoms with van der Waals surface area (Å²) in [4.78, 5) is 13.9. The first-order valence-corrected chi connectivity index (χ1v) is 7.13. The predicted molar refractivity (Wildman–Crippen MR) is 76.5 cm³/mol. The Hall–Kier alpha value is -1.33. The zero-order chi connectivity index (χ0) is 14.5. The zero-order valence-electron chi connectivity index (χ0n) is 11.1. The van der Waals surface area contributed by atoms with Crippen LogP contribution in [-0.2, 0) is 0 Å². The predicted octanol–water partition coefficient (Wildman–Crippen LogP) is 3.25. The molecule has 110 valence electrons. The van der Waals surface area contributed by atoms with E-state index in [0.29, 0.717) is 18.0 Å². The molecule has 2 rings (SSSR count). The number of carbonyl (C=O) groups excluding carboxylic acids is 1. The molecule has 1 aromatic rings. The van der Waals surface area contributed by atoms with Gasteiger partial charge >= 0.3 is 6.03 Å². The Bertz CT molecular complexity index is 480. The average molecular weight is 301 g/mol. The van der Waals surface area contributed by atoms with Crippen LogP contribution >= 0.6 is 11.6 Å². The lowest BCUT2D eigenvalue weighted by Crippen LogP contribution is -2.37. The van der Waals surface area contributed by atoms with E-state index in [-0.39, 0.29) is 24.4 Å². The van der Waals surface area contributed by atoms with Crippen LogP contribution in [0.4, 0.5) is 14.9 Å². The van der Waals surface area contributed by atoms with Crippen LogP contribution in [0.25, 0.3) is 0 Å². The van der Waals surface area contributed by atoms with E-state index in [1.54, 1.807) is 4.90 Å². The fraction of sp³-hybridized carbons (Fsp3) is 0.500. The summed E-state index contributed by atoms with van der Waals surface area (Å²) in [5.41, 5.74) is 0.132. The maximum absolute atomic E-state index is 13.6. The minimum Gasteiger partial charge on any atom is -0.396 e. The lowest BCUT2D eigenvalue weighted by Gasteiger charge is -2.23. The summed E-state index contributed by atoms with van der Waals surface area (Å²) in [6.45, 7) is 0.693. The van der Waals surface area contributed by atoms with Crippen molar-refractivity contribution in [1.82, 2.24) is 4.90 Å². The molecule has 0 heterocycles. The van der Waals surface area contributed by atoms with Crippen LogP contribution in [-0.4, -0.2) is 35.2 Å². The van der Waals surface area contributed by atoms with Crippen molar-refractivity contribution in [2.24, 2.45) is 0 Å². The smallest absolute Gasteiger partial charge is 0.322 e. The fourth-order valence-electron chi connectivity index (χ4n) is 2.01. The second kappa shape index (κ2) is 6.90. The molecule has 0 bridgehead atoms. The van der Waals surface area contributed by atoms with Gasteiger partial charge in [0, 0.05) is 24.2 Å². The highest BCUT2D eigenvalue weighted by molar-refractivity contribution is 6.30. The number of nitrogens with one attached hydrogen (secondary N) is 1. The minimum absolute atomic E-state index is 0.117. The van der Waals surface area contributed by atoms with Crippen LogP contribution < -0.4 is 5.32 Å². The molecule has 0 radical (unpaired) electrons. The SMILES string of the molecule is O=C(Nc1ccc(Cl)cc1F)N(CCCCO)C1CC1. The number of rotatable bonds is 6. The first-order chi connectivity index (χ1) is 9.61. The molecule has 0 saturated heterocycles. The van der Waals surface area contributed by atoms with Crippen molar-refractivity contribution in [1.29, 1.82) is 0 Å². The number of unbranched alkanes of at least 4 members (excludes halogenated alkanes) is 1. The Labute approximate surface area is 122 Å². The van der Waals surface area contributed by atoms with Gasteiger partial charge in [-0.3, -0.25) is 0 Å². The third-order valence-electron chi connectivity index (χ3n) is 3.23. The van der Waals surface area contributed by atoms with E-state index in [4.69, 9.17) is 16.7 Å². The molecule has 1 aliphatic rings. The molecule has 6 heteroatoms. The number of halogens is 2. The molecule has 4 nitrogen and oxygen atoms in total. The van der Waals surface area contributed by atoms with Crippen molar-refractivity contribution in [3.63, 3.8) is 0 Å². The normalized spacial score (nSPS) is 14.2. The summed E-state index contributed by atoms with van der Waals surface area (Å²) >= 11 is 5.67. The van der Waals surface area contributed by atoms with Crippen LogP contribution in [0.15, 0.2) is 18.2 Å². The van der Waals surface area contributed by atoms with Gasteiger partial charge in [0.15, 0.2) is 0 Å². The molecule has 0 atom stereocenters. The van der Waals surface area contributed by atoms with E-state index in [1.165, 1.54) is 18.2 Å². The Balaban J connectivity index is 1.97. The number of amides is 2. The summed E-state index contributed by atoms with van der Waals surface area (Å²) in [5.74, 6) is -0.544. The molecule has 0 aromatic heterocycles. The molecule has 2 amide bonds. The summed E-state index contributed by atoms with van der Waals surface area (Å²) < 4.78 is 13.6. The van der Waals surface area contributed by atoms with E-state index in [1.807, 2.05) is 0 Å². The highest BCUT2D eigenvalue weighted by Gasteiger charge is 2.32. The largest absolute Gasteiger partial charge is 0.396 e. The van der Waals surface area contributed by atoms with Crippen molar-refractivity contribution in [2.75, 3.05) is 18.5 Å². The van der Waals surface area contributed by atoms with Gasteiger partial charge in [0.05, 0.1) is 5.69 Å². The number of aliphatic hydroxyl groups excluding tert-OH is 1. The molecule has 1 fully saturated rings. The maximum Gasteiger partial charge on any atom is 0.322 e. The molecule has 1 saturated carbocycles. The lowest BCUT2D eigenvalue weighted by molar-refractivity contribution is 0.204. The van der Waals surface area contributed by atoms with Gasteiger partial charge in [0.1, 0.15) is 5.82 Å². The number of urea groups is 1. The molecule has 20 heavy (non-hydrogen) atoms. The zero-order valence-corrected chi connectivity index (χ0v) is 11.9. The van der Waals surface area contributed by atoms with E-state index in [9.17, 15) is 9.18 Å². The van der Waals surface area contributed by atoms with Crippen LogP contribution in [0.5, 0.6) is 0 Å². The van der Waals surface area contributed by atoms with E-state index >= 15 is 0 Å². The Morgan fingerprint density at radius 2 is 2.20 bits per heavy atom. The monoisotopic (exact) mass is 300 g/mol. The van der Waals surface area contributed by atoms with Gasteiger partial charge in [-0.05, 0) is 43.9 Å². The van der Waals surface area contributed by atoms with Crippen molar-refractivity contribution < 1.29 is 14.3 Å². The van der Waals surface area contributed by atoms with Crippen molar-refractivity contribution in [3.05, 3.63) is 29.0 Å². The van der Waals surface area contributed by atoms with Crippen LogP contribution in [0.1, 0.15) is 25.7 Å².